The molecule has 0 saturated heterocycles. The molecule has 2 aromatic rings. The number of fused-ring (bicyclic) bond motifs is 3. The van der Waals surface area contributed by atoms with E-state index in [1.165, 1.54) is 18.2 Å². The molecule has 0 saturated carbocycles. The molecule has 226 valence electrons. The summed E-state index contributed by atoms with van der Waals surface area (Å²) in [5.41, 5.74) is -0.745. The lowest BCUT2D eigenvalue weighted by Gasteiger charge is -2.46. The molecule has 3 heterocycles. The number of ether oxygens (including phenoxy) is 2. The minimum Gasteiger partial charge on any atom is -0.493 e. The van der Waals surface area contributed by atoms with Crippen molar-refractivity contribution in [3.8, 4) is 11.5 Å². The van der Waals surface area contributed by atoms with E-state index in [4.69, 9.17) is 9.47 Å². The van der Waals surface area contributed by atoms with Crippen LogP contribution in [0.2, 0.25) is 0 Å². The van der Waals surface area contributed by atoms with Gasteiger partial charge in [0.15, 0.2) is 16.4 Å². The number of sulfone groups is 1. The third-order valence-electron chi connectivity index (χ3n) is 6.68. The first kappa shape index (κ1) is 30.5. The lowest BCUT2D eigenvalue weighted by Crippen LogP contribution is -2.58. The van der Waals surface area contributed by atoms with Gasteiger partial charge in [0.1, 0.15) is 28.6 Å². The molecule has 0 bridgehead atoms. The number of nitrogens with one attached hydrogen (secondary N) is 2. The van der Waals surface area contributed by atoms with Gasteiger partial charge in [0.05, 0.1) is 17.8 Å². The van der Waals surface area contributed by atoms with E-state index in [2.05, 4.69) is 15.7 Å². The number of aryl methyl sites for hydroxylation is 1. The van der Waals surface area contributed by atoms with Crippen LogP contribution in [-0.2, 0) is 33.1 Å². The van der Waals surface area contributed by atoms with Gasteiger partial charge in [-0.3, -0.25) is 9.59 Å². The Morgan fingerprint density at radius 3 is 2.59 bits per heavy atom. The summed E-state index contributed by atoms with van der Waals surface area (Å²) in [7, 11) is -3.77. The summed E-state index contributed by atoms with van der Waals surface area (Å²) < 4.78 is 111. The van der Waals surface area contributed by atoms with Crippen molar-refractivity contribution in [3.63, 3.8) is 0 Å². The third-order valence-corrected chi connectivity index (χ3v) is 7.47. The molecule has 1 aromatic carbocycles. The van der Waals surface area contributed by atoms with Gasteiger partial charge in [0.2, 0.25) is 5.91 Å². The van der Waals surface area contributed by atoms with E-state index in [-0.39, 0.29) is 48.1 Å². The Morgan fingerprint density at radius 1 is 1.24 bits per heavy atom. The van der Waals surface area contributed by atoms with Crippen molar-refractivity contribution in [2.45, 2.75) is 50.6 Å². The van der Waals surface area contributed by atoms with Gasteiger partial charge >= 0.3 is 12.4 Å². The smallest absolute Gasteiger partial charge is 0.422 e. The van der Waals surface area contributed by atoms with Gasteiger partial charge in [-0.05, 0) is 18.6 Å². The first-order chi connectivity index (χ1) is 18.9. The summed E-state index contributed by atoms with van der Waals surface area (Å²) in [6.07, 6.45) is -9.80. The van der Waals surface area contributed by atoms with Crippen LogP contribution < -0.4 is 20.1 Å². The molecule has 17 heteroatoms. The summed E-state index contributed by atoms with van der Waals surface area (Å²) in [4.78, 5) is 25.9. The Balaban J connectivity index is 1.71. The molecule has 10 nitrogen and oxygen atoms in total. The maximum Gasteiger partial charge on any atom is 0.422 e. The quantitative estimate of drug-likeness (QED) is 0.438. The van der Waals surface area contributed by atoms with Crippen LogP contribution in [-0.4, -0.2) is 67.6 Å². The standard InChI is InChI=1S/C24H26F6N4O6S/c1-13-10-39-17-8-14(40-12-24(28,29)30)4-5-15(17)22(13)9-16-19(21(36)32-22)20(31-18(35)11-41(2,37)38)34(33-16)7-3-6-23(25,26)27/h4-5,8,13H,3,6-7,9-12H2,1-2H3,(H,31,35)(H,32,36)/t13-,22+/m0/s1. The monoisotopic (exact) mass is 612 g/mol. The second kappa shape index (κ2) is 10.7. The molecule has 4 rings (SSSR count). The number of carbonyl (C=O) groups is 2. The summed E-state index contributed by atoms with van der Waals surface area (Å²) in [5.74, 6) is -3.25. The number of halogens is 6. The topological polar surface area (TPSA) is 129 Å². The average molecular weight is 613 g/mol. The highest BCUT2D eigenvalue weighted by molar-refractivity contribution is 7.91. The number of hydrogen-bond donors (Lipinski definition) is 2. The SMILES string of the molecule is C[C@H]1COc2cc(OCC(F)(F)F)ccc2[C@@]12Cc1nn(CCCC(F)(F)F)c(NC(=O)CS(C)(=O)=O)c1C(=O)N2. The van der Waals surface area contributed by atoms with E-state index in [1.54, 1.807) is 6.92 Å². The molecule has 2 aliphatic rings. The predicted molar refractivity (Wildman–Crippen MR) is 131 cm³/mol. The van der Waals surface area contributed by atoms with Crippen LogP contribution in [0.3, 0.4) is 0 Å². The fraction of sp³-hybridized carbons (Fsp3) is 0.542. The number of nitrogens with zero attached hydrogens (tertiary/aromatic N) is 2. The van der Waals surface area contributed by atoms with Crippen LogP contribution in [0.25, 0.3) is 0 Å². The second-order valence-electron chi connectivity index (χ2n) is 10.1. The van der Waals surface area contributed by atoms with Gasteiger partial charge in [0.25, 0.3) is 5.91 Å². The summed E-state index contributed by atoms with van der Waals surface area (Å²) in [6.45, 7) is -0.0452. The molecule has 2 amide bonds. The minimum absolute atomic E-state index is 0.00439. The molecule has 0 radical (unpaired) electrons. The normalized spacial score (nSPS) is 20.6. The van der Waals surface area contributed by atoms with Crippen LogP contribution in [0.5, 0.6) is 11.5 Å². The predicted octanol–water partition coefficient (Wildman–Crippen LogP) is 3.36. The molecule has 0 aliphatic carbocycles. The van der Waals surface area contributed by atoms with Crippen LogP contribution in [0.15, 0.2) is 18.2 Å². The molecule has 0 unspecified atom stereocenters. The van der Waals surface area contributed by atoms with Crippen molar-refractivity contribution in [2.75, 3.05) is 30.5 Å². The van der Waals surface area contributed by atoms with Crippen LogP contribution >= 0.6 is 0 Å². The zero-order valence-electron chi connectivity index (χ0n) is 21.8. The fourth-order valence-electron chi connectivity index (χ4n) is 4.90. The zero-order chi connectivity index (χ0) is 30.4. The molecule has 1 spiro atoms. The maximum absolute atomic E-state index is 13.5. The largest absolute Gasteiger partial charge is 0.493 e. The van der Waals surface area contributed by atoms with Crippen molar-refractivity contribution in [1.82, 2.24) is 15.1 Å². The Morgan fingerprint density at radius 2 is 1.95 bits per heavy atom. The molecular weight excluding hydrogens is 586 g/mol. The van der Waals surface area contributed by atoms with E-state index >= 15 is 0 Å². The van der Waals surface area contributed by atoms with Crippen molar-refractivity contribution in [3.05, 3.63) is 35.0 Å². The number of hydrogen-bond acceptors (Lipinski definition) is 7. The van der Waals surface area contributed by atoms with Gasteiger partial charge in [-0.1, -0.05) is 6.92 Å². The first-order valence-electron chi connectivity index (χ1n) is 12.3. The first-order valence-corrected chi connectivity index (χ1v) is 14.4. The summed E-state index contributed by atoms with van der Waals surface area (Å²) in [5, 5.41) is 9.53. The zero-order valence-corrected chi connectivity index (χ0v) is 22.6. The highest BCUT2D eigenvalue weighted by atomic mass is 32.2. The van der Waals surface area contributed by atoms with Crippen LogP contribution in [0.4, 0.5) is 32.2 Å². The van der Waals surface area contributed by atoms with Gasteiger partial charge in [-0.25, -0.2) is 13.1 Å². The number of carbonyl (C=O) groups excluding carboxylic acids is 2. The third kappa shape index (κ3) is 7.05. The molecule has 0 fully saturated rings. The van der Waals surface area contributed by atoms with Crippen molar-refractivity contribution < 1.29 is 53.8 Å². The Hall–Kier alpha value is -3.50. The van der Waals surface area contributed by atoms with Crippen LogP contribution in [0.1, 0.15) is 41.4 Å². The van der Waals surface area contributed by atoms with Crippen LogP contribution in [0, 0.1) is 5.92 Å². The highest BCUT2D eigenvalue weighted by Crippen LogP contribution is 2.47. The molecule has 41 heavy (non-hydrogen) atoms. The van der Waals surface area contributed by atoms with E-state index < -0.39 is 70.7 Å². The summed E-state index contributed by atoms with van der Waals surface area (Å²) in [6, 6.07) is 4.02. The number of aromatic nitrogens is 2. The number of amides is 2. The molecule has 2 aliphatic heterocycles. The number of benzene rings is 1. The molecule has 2 atom stereocenters. The lowest BCUT2D eigenvalue weighted by molar-refractivity contribution is -0.153. The number of alkyl halides is 6. The van der Waals surface area contributed by atoms with Crippen molar-refractivity contribution in [2.24, 2.45) is 5.92 Å². The highest BCUT2D eigenvalue weighted by Gasteiger charge is 2.50. The van der Waals surface area contributed by atoms with E-state index in [0.29, 0.717) is 5.56 Å². The lowest BCUT2D eigenvalue weighted by atomic mass is 9.71. The van der Waals surface area contributed by atoms with Crippen molar-refractivity contribution >= 4 is 27.5 Å². The second-order valence-corrected chi connectivity index (χ2v) is 12.2. The van der Waals surface area contributed by atoms with Gasteiger partial charge in [-0.2, -0.15) is 31.4 Å². The molecule has 1 aromatic heterocycles. The van der Waals surface area contributed by atoms with E-state index in [9.17, 15) is 44.3 Å². The Bertz CT molecular complexity index is 1460. The number of anilines is 1. The average Bonchev–Trinajstić information content (AvgIpc) is 3.14. The van der Waals surface area contributed by atoms with E-state index in [1.807, 2.05) is 0 Å². The Kier molecular flexibility index (Phi) is 7.97. The molecule has 2 N–H and O–H groups in total. The van der Waals surface area contributed by atoms with Crippen molar-refractivity contribution in [1.29, 1.82) is 0 Å². The Labute approximate surface area is 230 Å². The minimum atomic E-state index is -4.56. The van der Waals surface area contributed by atoms with E-state index in [0.717, 1.165) is 10.9 Å². The van der Waals surface area contributed by atoms with Gasteiger partial charge in [-0.15, -0.1) is 0 Å². The number of rotatable bonds is 8. The maximum atomic E-state index is 13.5. The summed E-state index contributed by atoms with van der Waals surface area (Å²) >= 11 is 0. The fourth-order valence-corrected chi connectivity index (χ4v) is 5.45. The van der Waals surface area contributed by atoms with Gasteiger partial charge < -0.3 is 20.1 Å². The van der Waals surface area contributed by atoms with Gasteiger partial charge in [0, 0.05) is 43.2 Å². The molecular formula is C24H26F6N4O6S.